The first-order valence-electron chi connectivity index (χ1n) is 9.40. The second-order valence-corrected chi connectivity index (χ2v) is 9.21. The fourth-order valence-electron chi connectivity index (χ4n) is 3.84. The summed E-state index contributed by atoms with van der Waals surface area (Å²) in [7, 11) is -1.76. The Labute approximate surface area is 156 Å². The fraction of sp³-hybridized carbons (Fsp3) is 0.765. The van der Waals surface area contributed by atoms with Gasteiger partial charge in [0, 0.05) is 51.7 Å². The molecule has 2 aliphatic rings. The van der Waals surface area contributed by atoms with E-state index in [1.807, 2.05) is 6.92 Å². The van der Waals surface area contributed by atoms with Crippen LogP contribution >= 0.6 is 0 Å². The smallest absolute Gasteiger partial charge is 0.282 e. The van der Waals surface area contributed by atoms with Crippen molar-refractivity contribution in [3.8, 4) is 0 Å². The predicted octanol–water partition coefficient (Wildman–Crippen LogP) is 1.10. The molecule has 1 atom stereocenters. The lowest BCUT2D eigenvalue weighted by Gasteiger charge is -2.39. The van der Waals surface area contributed by atoms with Crippen LogP contribution in [0.1, 0.15) is 45.1 Å². The molecule has 146 valence electrons. The van der Waals surface area contributed by atoms with Crippen LogP contribution < -0.4 is 0 Å². The van der Waals surface area contributed by atoms with Crippen molar-refractivity contribution >= 4 is 16.1 Å². The lowest BCUT2D eigenvalue weighted by atomic mass is 9.96. The predicted molar refractivity (Wildman–Crippen MR) is 98.6 cm³/mol. The zero-order valence-corrected chi connectivity index (χ0v) is 16.4. The van der Waals surface area contributed by atoms with Crippen molar-refractivity contribution < 1.29 is 13.2 Å². The minimum Gasteiger partial charge on any atom is -0.338 e. The molecule has 2 heterocycles. The molecule has 26 heavy (non-hydrogen) atoms. The van der Waals surface area contributed by atoms with Crippen molar-refractivity contribution in [2.75, 3.05) is 33.2 Å². The number of imidazole rings is 1. The van der Waals surface area contributed by atoms with Crippen LogP contribution in [0, 0.1) is 0 Å². The first kappa shape index (κ1) is 19.3. The third-order valence-electron chi connectivity index (χ3n) is 5.66. The van der Waals surface area contributed by atoms with E-state index in [9.17, 15) is 13.2 Å². The first-order valence-corrected chi connectivity index (χ1v) is 10.8. The Morgan fingerprint density at radius 1 is 1.15 bits per heavy atom. The summed E-state index contributed by atoms with van der Waals surface area (Å²) in [6.07, 6.45) is 10.3. The number of hydrogen-bond acceptors (Lipinski definition) is 4. The molecule has 2 fully saturated rings. The molecule has 1 aliphatic heterocycles. The van der Waals surface area contributed by atoms with Crippen LogP contribution in [0.2, 0.25) is 0 Å². The van der Waals surface area contributed by atoms with Crippen LogP contribution in [-0.2, 0) is 15.0 Å². The molecule has 1 saturated heterocycles. The van der Waals surface area contributed by atoms with E-state index in [1.54, 1.807) is 39.5 Å². The maximum absolute atomic E-state index is 12.9. The summed E-state index contributed by atoms with van der Waals surface area (Å²) in [6, 6.07) is -0.222. The van der Waals surface area contributed by atoms with E-state index in [0.29, 0.717) is 26.2 Å². The van der Waals surface area contributed by atoms with Crippen molar-refractivity contribution in [3.63, 3.8) is 0 Å². The number of nitrogens with zero attached hydrogens (tertiary/aromatic N) is 5. The highest BCUT2D eigenvalue weighted by atomic mass is 32.2. The van der Waals surface area contributed by atoms with Crippen LogP contribution in [0.4, 0.5) is 0 Å². The average Bonchev–Trinajstić information content (AvgIpc) is 3.21. The summed E-state index contributed by atoms with van der Waals surface area (Å²) in [6.45, 7) is 3.39. The van der Waals surface area contributed by atoms with E-state index in [4.69, 9.17) is 0 Å². The van der Waals surface area contributed by atoms with Gasteiger partial charge in [0.1, 0.15) is 6.04 Å². The fourth-order valence-corrected chi connectivity index (χ4v) is 5.42. The van der Waals surface area contributed by atoms with Gasteiger partial charge in [-0.05, 0) is 19.8 Å². The van der Waals surface area contributed by atoms with E-state index < -0.39 is 10.2 Å². The molecule has 0 unspecified atom stereocenters. The largest absolute Gasteiger partial charge is 0.338 e. The first-order chi connectivity index (χ1) is 12.4. The molecule has 0 aromatic carbocycles. The van der Waals surface area contributed by atoms with E-state index in [0.717, 1.165) is 25.7 Å². The van der Waals surface area contributed by atoms with Gasteiger partial charge in [0.05, 0.1) is 6.33 Å². The number of hydrogen-bond donors (Lipinski definition) is 0. The minimum atomic E-state index is -3.46. The second-order valence-electron chi connectivity index (χ2n) is 7.23. The van der Waals surface area contributed by atoms with Gasteiger partial charge in [-0.25, -0.2) is 4.98 Å². The average molecular weight is 384 g/mol. The molecule has 1 aliphatic carbocycles. The van der Waals surface area contributed by atoms with E-state index in [1.165, 1.54) is 10.7 Å². The van der Waals surface area contributed by atoms with Crippen LogP contribution in [-0.4, -0.2) is 76.7 Å². The van der Waals surface area contributed by atoms with Crippen LogP contribution in [0.25, 0.3) is 0 Å². The number of carbonyl (C=O) groups is 1. The van der Waals surface area contributed by atoms with Gasteiger partial charge in [0.2, 0.25) is 5.91 Å². The Morgan fingerprint density at radius 2 is 1.81 bits per heavy atom. The van der Waals surface area contributed by atoms with Crippen LogP contribution in [0.3, 0.4) is 0 Å². The molecule has 8 nitrogen and oxygen atoms in total. The summed E-state index contributed by atoms with van der Waals surface area (Å²) >= 11 is 0. The van der Waals surface area contributed by atoms with Gasteiger partial charge >= 0.3 is 0 Å². The molecule has 9 heteroatoms. The summed E-state index contributed by atoms with van der Waals surface area (Å²) in [5.74, 6) is 0.000632. The summed E-state index contributed by atoms with van der Waals surface area (Å²) in [5.41, 5.74) is 0. The van der Waals surface area contributed by atoms with Gasteiger partial charge in [0.25, 0.3) is 10.2 Å². The van der Waals surface area contributed by atoms with E-state index in [2.05, 4.69) is 4.98 Å². The van der Waals surface area contributed by atoms with Crippen LogP contribution in [0.15, 0.2) is 18.7 Å². The molecule has 0 N–H and O–H groups in total. The quantitative estimate of drug-likeness (QED) is 0.763. The van der Waals surface area contributed by atoms with Gasteiger partial charge in [-0.3, -0.25) is 4.79 Å². The highest BCUT2D eigenvalue weighted by molar-refractivity contribution is 7.86. The topological polar surface area (TPSA) is 78.8 Å². The van der Waals surface area contributed by atoms with Crippen molar-refractivity contribution in [2.24, 2.45) is 0 Å². The lowest BCUT2D eigenvalue weighted by molar-refractivity contribution is -0.135. The normalized spacial score (nSPS) is 21.9. The molecule has 0 bridgehead atoms. The molecular formula is C17H29N5O3S. The summed E-state index contributed by atoms with van der Waals surface area (Å²) in [4.78, 5) is 18.4. The molecule has 0 radical (unpaired) electrons. The molecule has 1 aromatic rings. The van der Waals surface area contributed by atoms with E-state index >= 15 is 0 Å². The Bertz CT molecular complexity index is 692. The van der Waals surface area contributed by atoms with Crippen molar-refractivity contribution in [2.45, 2.75) is 51.1 Å². The van der Waals surface area contributed by atoms with E-state index in [-0.39, 0.29) is 18.0 Å². The molecule has 1 amide bonds. The number of aromatic nitrogens is 2. The number of carbonyl (C=O) groups excluding carboxylic acids is 1. The molecular weight excluding hydrogens is 354 g/mol. The molecule has 0 spiro atoms. The SMILES string of the molecule is C[C@H](C(=O)N1CCN(S(=O)(=O)N(C)C2CCCCC2)CC1)n1ccnc1. The lowest BCUT2D eigenvalue weighted by Crippen LogP contribution is -2.55. The monoisotopic (exact) mass is 383 g/mol. The van der Waals surface area contributed by atoms with Crippen LogP contribution in [0.5, 0.6) is 0 Å². The standard InChI is InChI=1S/C17H29N5O3S/c1-15(21-9-8-18-14-21)17(23)20-10-12-22(13-11-20)26(24,25)19(2)16-6-4-3-5-7-16/h8-9,14-16H,3-7,10-13H2,1-2H3/t15-/m1/s1. The Hall–Kier alpha value is -1.45. The van der Waals surface area contributed by atoms with Crippen molar-refractivity contribution in [1.82, 2.24) is 23.1 Å². The molecule has 1 aromatic heterocycles. The molecule has 3 rings (SSSR count). The minimum absolute atomic E-state index is 0.000632. The number of piperazine rings is 1. The summed E-state index contributed by atoms with van der Waals surface area (Å²) in [5, 5.41) is 0. The van der Waals surface area contributed by atoms with Gasteiger partial charge in [-0.1, -0.05) is 19.3 Å². The zero-order chi connectivity index (χ0) is 18.7. The van der Waals surface area contributed by atoms with Gasteiger partial charge in [-0.15, -0.1) is 0 Å². The third-order valence-corrected chi connectivity index (χ3v) is 7.70. The van der Waals surface area contributed by atoms with Crippen molar-refractivity contribution in [3.05, 3.63) is 18.7 Å². The summed E-state index contributed by atoms with van der Waals surface area (Å²) < 4.78 is 30.7. The van der Waals surface area contributed by atoms with Gasteiger partial charge in [0.15, 0.2) is 0 Å². The van der Waals surface area contributed by atoms with Gasteiger partial charge < -0.3 is 9.47 Å². The Kier molecular flexibility index (Phi) is 5.99. The maximum Gasteiger partial charge on any atom is 0.282 e. The Balaban J connectivity index is 1.58. The molecule has 1 saturated carbocycles. The maximum atomic E-state index is 12.9. The Morgan fingerprint density at radius 3 is 2.38 bits per heavy atom. The van der Waals surface area contributed by atoms with Gasteiger partial charge in [-0.2, -0.15) is 17.0 Å². The number of amides is 1. The third kappa shape index (κ3) is 3.94. The highest BCUT2D eigenvalue weighted by Crippen LogP contribution is 2.25. The second kappa shape index (κ2) is 8.06. The number of rotatable bonds is 5. The zero-order valence-electron chi connectivity index (χ0n) is 15.6. The highest BCUT2D eigenvalue weighted by Gasteiger charge is 2.36. The van der Waals surface area contributed by atoms with Crippen molar-refractivity contribution in [1.29, 1.82) is 0 Å².